The molecule has 0 aliphatic rings. The molecule has 0 N–H and O–H groups in total. The first-order chi connectivity index (χ1) is 11.8. The third-order valence-electron chi connectivity index (χ3n) is 3.89. The topological polar surface area (TPSA) is 69.4 Å². The predicted molar refractivity (Wildman–Crippen MR) is 89.7 cm³/mol. The summed E-state index contributed by atoms with van der Waals surface area (Å²) in [4.78, 5) is 12.7. The zero-order valence-corrected chi connectivity index (χ0v) is 13.0. The Labute approximate surface area is 137 Å². The maximum absolute atomic E-state index is 12.7. The van der Waals surface area contributed by atoms with Gasteiger partial charge >= 0.3 is 5.97 Å². The second-order valence-electron chi connectivity index (χ2n) is 5.27. The molecular weight excluding hydrogens is 304 g/mol. The van der Waals surface area contributed by atoms with E-state index >= 15 is 0 Å². The van der Waals surface area contributed by atoms with Gasteiger partial charge in [-0.05, 0) is 29.0 Å². The SMILES string of the molecule is CCOC(=O)c1c(-c2ccccc2)c2ccccc2n2nnnc12. The van der Waals surface area contributed by atoms with Crippen molar-refractivity contribution in [2.45, 2.75) is 6.92 Å². The van der Waals surface area contributed by atoms with Crippen molar-refractivity contribution in [3.63, 3.8) is 0 Å². The van der Waals surface area contributed by atoms with Crippen molar-refractivity contribution >= 4 is 22.5 Å². The zero-order chi connectivity index (χ0) is 16.5. The van der Waals surface area contributed by atoms with Crippen molar-refractivity contribution in [3.05, 3.63) is 60.2 Å². The average Bonchev–Trinajstić information content (AvgIpc) is 3.11. The van der Waals surface area contributed by atoms with Crippen molar-refractivity contribution in [1.82, 2.24) is 20.0 Å². The molecule has 0 unspecified atom stereocenters. The Morgan fingerprint density at radius 1 is 1.08 bits per heavy atom. The lowest BCUT2D eigenvalue weighted by atomic mass is 9.96. The van der Waals surface area contributed by atoms with Gasteiger partial charge in [-0.15, -0.1) is 5.10 Å². The molecule has 0 saturated heterocycles. The predicted octanol–water partition coefficient (Wildman–Crippen LogP) is 3.12. The molecule has 2 aromatic carbocycles. The molecule has 2 aromatic heterocycles. The lowest BCUT2D eigenvalue weighted by Crippen LogP contribution is -2.10. The molecule has 0 radical (unpaired) electrons. The number of benzene rings is 2. The number of aromatic nitrogens is 4. The first-order valence-electron chi connectivity index (χ1n) is 7.66. The minimum Gasteiger partial charge on any atom is -0.462 e. The van der Waals surface area contributed by atoms with Gasteiger partial charge in [-0.25, -0.2) is 4.79 Å². The van der Waals surface area contributed by atoms with E-state index in [-0.39, 0.29) is 6.61 Å². The van der Waals surface area contributed by atoms with Gasteiger partial charge in [-0.2, -0.15) is 4.52 Å². The van der Waals surface area contributed by atoms with E-state index in [2.05, 4.69) is 15.5 Å². The summed E-state index contributed by atoms with van der Waals surface area (Å²) in [6.07, 6.45) is 0. The number of carbonyl (C=O) groups is 1. The van der Waals surface area contributed by atoms with Gasteiger partial charge in [0.2, 0.25) is 0 Å². The van der Waals surface area contributed by atoms with Crippen LogP contribution in [0.1, 0.15) is 17.3 Å². The highest BCUT2D eigenvalue weighted by Gasteiger charge is 2.24. The van der Waals surface area contributed by atoms with Crippen LogP contribution in [0.15, 0.2) is 54.6 Å². The molecule has 0 atom stereocenters. The van der Waals surface area contributed by atoms with Crippen LogP contribution in [0.4, 0.5) is 0 Å². The number of hydrogen-bond donors (Lipinski definition) is 0. The van der Waals surface area contributed by atoms with Crippen LogP contribution < -0.4 is 0 Å². The Kier molecular flexibility index (Phi) is 3.42. The molecule has 2 heterocycles. The molecule has 0 bridgehead atoms. The van der Waals surface area contributed by atoms with E-state index in [0.717, 1.165) is 22.0 Å². The summed E-state index contributed by atoms with van der Waals surface area (Å²) >= 11 is 0. The lowest BCUT2D eigenvalue weighted by Gasteiger charge is -2.13. The fourth-order valence-electron chi connectivity index (χ4n) is 2.92. The summed E-state index contributed by atoms with van der Waals surface area (Å²) in [7, 11) is 0. The summed E-state index contributed by atoms with van der Waals surface area (Å²) < 4.78 is 6.85. The van der Waals surface area contributed by atoms with E-state index in [1.165, 1.54) is 0 Å². The Morgan fingerprint density at radius 2 is 1.83 bits per heavy atom. The van der Waals surface area contributed by atoms with Gasteiger partial charge in [0.05, 0.1) is 12.1 Å². The smallest absolute Gasteiger partial charge is 0.342 e. The quantitative estimate of drug-likeness (QED) is 0.543. The molecule has 0 aliphatic carbocycles. The molecule has 0 fully saturated rings. The van der Waals surface area contributed by atoms with Crippen LogP contribution >= 0.6 is 0 Å². The second-order valence-corrected chi connectivity index (χ2v) is 5.27. The number of hydrogen-bond acceptors (Lipinski definition) is 5. The van der Waals surface area contributed by atoms with Crippen LogP contribution in [0, 0.1) is 0 Å². The summed E-state index contributed by atoms with van der Waals surface area (Å²) in [6.45, 7) is 2.06. The molecule has 24 heavy (non-hydrogen) atoms. The van der Waals surface area contributed by atoms with Crippen LogP contribution in [0.5, 0.6) is 0 Å². The van der Waals surface area contributed by atoms with Gasteiger partial charge in [0.1, 0.15) is 5.56 Å². The van der Waals surface area contributed by atoms with E-state index < -0.39 is 5.97 Å². The maximum atomic E-state index is 12.7. The van der Waals surface area contributed by atoms with E-state index in [0.29, 0.717) is 11.2 Å². The van der Waals surface area contributed by atoms with Crippen molar-refractivity contribution < 1.29 is 9.53 Å². The van der Waals surface area contributed by atoms with E-state index in [9.17, 15) is 4.79 Å². The van der Waals surface area contributed by atoms with Gasteiger partial charge in [0.25, 0.3) is 0 Å². The molecule has 0 saturated carbocycles. The normalized spacial score (nSPS) is 11.0. The second kappa shape index (κ2) is 5.73. The van der Waals surface area contributed by atoms with Crippen molar-refractivity contribution in [3.8, 4) is 11.1 Å². The van der Waals surface area contributed by atoms with E-state index in [4.69, 9.17) is 4.74 Å². The first-order valence-corrected chi connectivity index (χ1v) is 7.66. The largest absolute Gasteiger partial charge is 0.462 e. The molecule has 0 amide bonds. The lowest BCUT2D eigenvalue weighted by molar-refractivity contribution is 0.0529. The molecule has 4 rings (SSSR count). The Morgan fingerprint density at radius 3 is 2.62 bits per heavy atom. The summed E-state index contributed by atoms with van der Waals surface area (Å²) in [5.74, 6) is -0.429. The van der Waals surface area contributed by atoms with E-state index in [1.54, 1.807) is 11.4 Å². The van der Waals surface area contributed by atoms with Gasteiger partial charge < -0.3 is 4.74 Å². The number of tetrazole rings is 1. The number of nitrogens with zero attached hydrogens (tertiary/aromatic N) is 4. The van der Waals surface area contributed by atoms with Gasteiger partial charge in [0, 0.05) is 10.9 Å². The van der Waals surface area contributed by atoms with Crippen LogP contribution in [0.25, 0.3) is 27.7 Å². The van der Waals surface area contributed by atoms with Gasteiger partial charge in [-0.1, -0.05) is 48.5 Å². The Bertz CT molecular complexity index is 1040. The number of para-hydroxylation sites is 1. The number of fused-ring (bicyclic) bond motifs is 3. The third kappa shape index (κ3) is 2.11. The highest BCUT2D eigenvalue weighted by Crippen LogP contribution is 2.34. The number of carbonyl (C=O) groups excluding carboxylic acids is 1. The summed E-state index contributed by atoms with van der Waals surface area (Å²) in [6, 6.07) is 17.5. The van der Waals surface area contributed by atoms with Crippen molar-refractivity contribution in [1.29, 1.82) is 0 Å². The van der Waals surface area contributed by atoms with Gasteiger partial charge in [0.15, 0.2) is 5.65 Å². The fraction of sp³-hybridized carbons (Fsp3) is 0.111. The Balaban J connectivity index is 2.20. The number of rotatable bonds is 3. The highest BCUT2D eigenvalue weighted by atomic mass is 16.5. The molecule has 0 aliphatic heterocycles. The van der Waals surface area contributed by atoms with Crippen LogP contribution in [0.3, 0.4) is 0 Å². The van der Waals surface area contributed by atoms with Crippen molar-refractivity contribution in [2.75, 3.05) is 6.61 Å². The molecule has 6 nitrogen and oxygen atoms in total. The molecule has 0 spiro atoms. The average molecular weight is 318 g/mol. The monoisotopic (exact) mass is 318 g/mol. The number of esters is 1. The molecule has 118 valence electrons. The fourth-order valence-corrected chi connectivity index (χ4v) is 2.92. The van der Waals surface area contributed by atoms with Crippen LogP contribution in [-0.2, 0) is 4.74 Å². The highest BCUT2D eigenvalue weighted by molar-refractivity contribution is 6.11. The van der Waals surface area contributed by atoms with Crippen LogP contribution in [-0.4, -0.2) is 32.6 Å². The molecule has 6 heteroatoms. The number of ether oxygens (including phenoxy) is 1. The standard InChI is InChI=1S/C18H14N4O2/c1-2-24-18(23)16-15(12-8-4-3-5-9-12)13-10-6-7-11-14(13)22-17(16)19-20-21-22/h3-11H,2H2,1H3. The molecule has 4 aromatic rings. The Hall–Kier alpha value is -3.28. The minimum atomic E-state index is -0.429. The minimum absolute atomic E-state index is 0.285. The molecular formula is C18H14N4O2. The van der Waals surface area contributed by atoms with E-state index in [1.807, 2.05) is 54.6 Å². The zero-order valence-electron chi connectivity index (χ0n) is 13.0. The first kappa shape index (κ1) is 14.3. The van der Waals surface area contributed by atoms with Crippen molar-refractivity contribution in [2.24, 2.45) is 0 Å². The maximum Gasteiger partial charge on any atom is 0.342 e. The van der Waals surface area contributed by atoms with Crippen LogP contribution in [0.2, 0.25) is 0 Å². The summed E-state index contributed by atoms with van der Waals surface area (Å²) in [5.41, 5.74) is 3.32. The third-order valence-corrected chi connectivity index (χ3v) is 3.89. The number of pyridine rings is 1. The summed E-state index contributed by atoms with van der Waals surface area (Å²) in [5, 5.41) is 12.7. The van der Waals surface area contributed by atoms with Gasteiger partial charge in [-0.3, -0.25) is 0 Å².